The van der Waals surface area contributed by atoms with Crippen molar-refractivity contribution < 1.29 is 35.1 Å². The Balaban J connectivity index is 1.70. The molecule has 3 atom stereocenters. The summed E-state index contributed by atoms with van der Waals surface area (Å²) in [6.07, 6.45) is 1.08. The summed E-state index contributed by atoms with van der Waals surface area (Å²) in [5.74, 6) is -1.48. The predicted molar refractivity (Wildman–Crippen MR) is 157 cm³/mol. The first-order valence-electron chi connectivity index (χ1n) is 13.6. The molecule has 7 heteroatoms. The number of ether oxygens (including phenoxy) is 1. The number of carbonyl (C=O) groups excluding carboxylic acids is 1. The molecule has 0 aliphatic rings. The van der Waals surface area contributed by atoms with Crippen molar-refractivity contribution in [1.82, 2.24) is 0 Å². The zero-order valence-electron chi connectivity index (χ0n) is 23.4. The standard InChI is InChI=1S/C34H36O7/c1-20(18-23-4-11-25(35)12-5-23)21(2)31(24-9-13-26(36)14-10-24)33-30(39)19-29(38)32(34(33)40)28(37)17-8-22-6-15-27(41-3)16-7-22/h4-7,9-16,19-21,31,35-36,38-40H,8,17-18H2,1-3H3/t20-,21+,31-/m1/s1. The normalized spacial score (nSPS) is 13.3. The van der Waals surface area contributed by atoms with Gasteiger partial charge in [-0.2, -0.15) is 0 Å². The van der Waals surface area contributed by atoms with Crippen LogP contribution in [0.1, 0.15) is 58.8 Å². The summed E-state index contributed by atoms with van der Waals surface area (Å²) in [4.78, 5) is 13.3. The molecule has 0 saturated heterocycles. The lowest BCUT2D eigenvalue weighted by Crippen LogP contribution is -2.21. The van der Waals surface area contributed by atoms with Gasteiger partial charge in [-0.25, -0.2) is 0 Å². The molecule has 0 spiro atoms. The number of Topliss-reactive ketones (excluding diaryl/α,β-unsaturated/α-hetero) is 1. The summed E-state index contributed by atoms with van der Waals surface area (Å²) in [5.41, 5.74) is 2.55. The molecular formula is C34H36O7. The van der Waals surface area contributed by atoms with E-state index in [1.165, 1.54) is 12.1 Å². The van der Waals surface area contributed by atoms with Gasteiger partial charge in [-0.3, -0.25) is 4.79 Å². The van der Waals surface area contributed by atoms with Crippen molar-refractivity contribution in [1.29, 1.82) is 0 Å². The van der Waals surface area contributed by atoms with Crippen LogP contribution in [0.2, 0.25) is 0 Å². The minimum Gasteiger partial charge on any atom is -0.508 e. The SMILES string of the molecule is COc1ccc(CCC(=O)c2c(O)cc(O)c([C@@H](c3ccc(O)cc3)[C@@H](C)[C@H](C)Cc3ccc(O)cc3)c2O)cc1. The van der Waals surface area contributed by atoms with Gasteiger partial charge in [0, 0.05) is 24.0 Å². The number of aromatic hydroxyl groups is 5. The third kappa shape index (κ3) is 6.74. The van der Waals surface area contributed by atoms with E-state index in [9.17, 15) is 30.3 Å². The summed E-state index contributed by atoms with van der Waals surface area (Å²) in [6.45, 7) is 4.06. The second-order valence-electron chi connectivity index (χ2n) is 10.6. The van der Waals surface area contributed by atoms with Gasteiger partial charge in [0.15, 0.2) is 5.78 Å². The first kappa shape index (κ1) is 29.3. The summed E-state index contributed by atoms with van der Waals surface area (Å²) in [6, 6.07) is 21.9. The van der Waals surface area contributed by atoms with Crippen LogP contribution >= 0.6 is 0 Å². The van der Waals surface area contributed by atoms with Crippen LogP contribution in [0.3, 0.4) is 0 Å². The van der Waals surface area contributed by atoms with Crippen molar-refractivity contribution in [3.8, 4) is 34.5 Å². The van der Waals surface area contributed by atoms with Crippen molar-refractivity contribution in [2.24, 2.45) is 11.8 Å². The maximum atomic E-state index is 13.3. The van der Waals surface area contributed by atoms with Gasteiger partial charge < -0.3 is 30.3 Å². The smallest absolute Gasteiger partial charge is 0.170 e. The van der Waals surface area contributed by atoms with Gasteiger partial charge >= 0.3 is 0 Å². The third-order valence-electron chi connectivity index (χ3n) is 7.86. The lowest BCUT2D eigenvalue weighted by atomic mass is 9.73. The zero-order chi connectivity index (χ0) is 29.7. The Labute approximate surface area is 239 Å². The molecule has 0 aromatic heterocycles. The average molecular weight is 557 g/mol. The molecule has 0 amide bonds. The van der Waals surface area contributed by atoms with E-state index in [1.54, 1.807) is 43.5 Å². The molecule has 214 valence electrons. The number of aryl methyl sites for hydroxylation is 1. The van der Waals surface area contributed by atoms with Crippen LogP contribution < -0.4 is 4.74 Å². The monoisotopic (exact) mass is 556 g/mol. The molecule has 0 bridgehead atoms. The van der Waals surface area contributed by atoms with Crippen molar-refractivity contribution in [2.45, 2.75) is 39.0 Å². The first-order valence-corrected chi connectivity index (χ1v) is 13.6. The highest BCUT2D eigenvalue weighted by atomic mass is 16.5. The summed E-state index contributed by atoms with van der Waals surface area (Å²) in [7, 11) is 1.58. The third-order valence-corrected chi connectivity index (χ3v) is 7.86. The van der Waals surface area contributed by atoms with E-state index in [1.807, 2.05) is 31.2 Å². The molecule has 4 aromatic carbocycles. The number of carbonyl (C=O) groups is 1. The zero-order valence-corrected chi connectivity index (χ0v) is 23.4. The largest absolute Gasteiger partial charge is 0.508 e. The highest BCUT2D eigenvalue weighted by Crippen LogP contribution is 2.49. The molecule has 0 saturated carbocycles. The van der Waals surface area contributed by atoms with E-state index in [0.29, 0.717) is 18.6 Å². The van der Waals surface area contributed by atoms with Gasteiger partial charge in [0.25, 0.3) is 0 Å². The number of methoxy groups -OCH3 is 1. The van der Waals surface area contributed by atoms with Gasteiger partial charge in [0.1, 0.15) is 40.1 Å². The topological polar surface area (TPSA) is 127 Å². The molecule has 0 fully saturated rings. The molecule has 4 rings (SSSR count). The molecule has 5 N–H and O–H groups in total. The Bertz CT molecular complexity index is 1480. The van der Waals surface area contributed by atoms with Crippen molar-refractivity contribution >= 4 is 5.78 Å². The number of benzene rings is 4. The van der Waals surface area contributed by atoms with Gasteiger partial charge in [0.05, 0.1) is 7.11 Å². The molecule has 0 aliphatic carbocycles. The fraction of sp³-hybridized carbons (Fsp3) is 0.265. The predicted octanol–water partition coefficient (Wildman–Crippen LogP) is 6.69. The molecular weight excluding hydrogens is 520 g/mol. The molecule has 0 unspecified atom stereocenters. The van der Waals surface area contributed by atoms with Crippen LogP contribution in [0.25, 0.3) is 0 Å². The fourth-order valence-electron chi connectivity index (χ4n) is 5.35. The van der Waals surface area contributed by atoms with Gasteiger partial charge in [0.2, 0.25) is 0 Å². The molecule has 41 heavy (non-hydrogen) atoms. The second kappa shape index (κ2) is 12.7. The maximum Gasteiger partial charge on any atom is 0.170 e. The van der Waals surface area contributed by atoms with Crippen molar-refractivity contribution in [2.75, 3.05) is 7.11 Å². The number of phenolic OH excluding ortho intramolecular Hbond substituents is 5. The lowest BCUT2D eigenvalue weighted by Gasteiger charge is -2.31. The molecule has 0 heterocycles. The van der Waals surface area contributed by atoms with E-state index >= 15 is 0 Å². The molecule has 7 nitrogen and oxygen atoms in total. The minimum atomic E-state index is -0.573. The van der Waals surface area contributed by atoms with Crippen LogP contribution in [-0.2, 0) is 12.8 Å². The minimum absolute atomic E-state index is 0.0279. The number of hydrogen-bond acceptors (Lipinski definition) is 7. The van der Waals surface area contributed by atoms with E-state index in [4.69, 9.17) is 4.74 Å². The van der Waals surface area contributed by atoms with Gasteiger partial charge in [-0.05, 0) is 77.8 Å². The number of rotatable bonds is 11. The quantitative estimate of drug-likeness (QED) is 0.130. The summed E-state index contributed by atoms with van der Waals surface area (Å²) < 4.78 is 5.18. The Morgan fingerprint density at radius 2 is 1.32 bits per heavy atom. The molecule has 0 aliphatic heterocycles. The van der Waals surface area contributed by atoms with Gasteiger partial charge in [-0.1, -0.05) is 50.2 Å². The van der Waals surface area contributed by atoms with Crippen molar-refractivity contribution in [3.05, 3.63) is 107 Å². The van der Waals surface area contributed by atoms with Gasteiger partial charge in [-0.15, -0.1) is 0 Å². The fourth-order valence-corrected chi connectivity index (χ4v) is 5.35. The average Bonchev–Trinajstić information content (AvgIpc) is 2.95. The lowest BCUT2D eigenvalue weighted by molar-refractivity contribution is 0.0977. The van der Waals surface area contributed by atoms with E-state index in [0.717, 1.165) is 22.8 Å². The second-order valence-corrected chi connectivity index (χ2v) is 10.6. The maximum absolute atomic E-state index is 13.3. The Kier molecular flexibility index (Phi) is 9.07. The van der Waals surface area contributed by atoms with Crippen LogP contribution in [0, 0.1) is 11.8 Å². The van der Waals surface area contributed by atoms with Crippen LogP contribution in [-0.4, -0.2) is 38.4 Å². The number of ketones is 1. The highest BCUT2D eigenvalue weighted by Gasteiger charge is 2.33. The van der Waals surface area contributed by atoms with Crippen LogP contribution in [0.5, 0.6) is 34.5 Å². The summed E-state index contributed by atoms with van der Waals surface area (Å²) in [5, 5.41) is 52.8. The van der Waals surface area contributed by atoms with E-state index in [-0.39, 0.29) is 46.6 Å². The van der Waals surface area contributed by atoms with Crippen LogP contribution in [0.15, 0.2) is 78.9 Å². The number of hydrogen-bond donors (Lipinski definition) is 5. The summed E-state index contributed by atoms with van der Waals surface area (Å²) >= 11 is 0. The number of phenols is 5. The van der Waals surface area contributed by atoms with Crippen LogP contribution in [0.4, 0.5) is 0 Å². The van der Waals surface area contributed by atoms with E-state index < -0.39 is 23.2 Å². The Hall–Kier alpha value is -4.65. The first-order chi connectivity index (χ1) is 19.6. The molecule has 4 aromatic rings. The van der Waals surface area contributed by atoms with Crippen molar-refractivity contribution in [3.63, 3.8) is 0 Å². The highest BCUT2D eigenvalue weighted by molar-refractivity contribution is 6.02. The Morgan fingerprint density at radius 1 is 0.756 bits per heavy atom. The molecule has 0 radical (unpaired) electrons. The van der Waals surface area contributed by atoms with E-state index in [2.05, 4.69) is 6.92 Å². The Morgan fingerprint density at radius 3 is 1.90 bits per heavy atom.